The second-order valence-corrected chi connectivity index (χ2v) is 4.65. The van der Waals surface area contributed by atoms with Gasteiger partial charge in [0.2, 0.25) is 0 Å². The number of pyridine rings is 1. The number of carbonyl (C=O) groups excluding carboxylic acids is 2. The number of nitrogens with zero attached hydrogens (tertiary/aromatic N) is 2. The van der Waals surface area contributed by atoms with E-state index in [0.29, 0.717) is 21.4 Å². The Labute approximate surface area is 111 Å². The Balaban J connectivity index is 2.16. The van der Waals surface area contributed by atoms with Gasteiger partial charge in [-0.3, -0.25) is 9.59 Å². The summed E-state index contributed by atoms with van der Waals surface area (Å²) in [7, 11) is 0. The van der Waals surface area contributed by atoms with Gasteiger partial charge in [0.15, 0.2) is 5.82 Å². The van der Waals surface area contributed by atoms with E-state index in [0.717, 1.165) is 4.90 Å². The summed E-state index contributed by atoms with van der Waals surface area (Å²) in [5.41, 5.74) is 0.833. The molecule has 18 heavy (non-hydrogen) atoms. The molecule has 0 fully saturated rings. The molecule has 1 aliphatic heterocycles. The Kier molecular flexibility index (Phi) is 2.48. The molecule has 0 spiro atoms. The van der Waals surface area contributed by atoms with Crippen LogP contribution in [0.2, 0.25) is 0 Å². The average Bonchev–Trinajstić information content (AvgIpc) is 2.64. The van der Waals surface area contributed by atoms with Crippen LogP contribution >= 0.6 is 15.9 Å². The van der Waals surface area contributed by atoms with Crippen LogP contribution in [0.3, 0.4) is 0 Å². The number of hydrogen-bond donors (Lipinski definition) is 0. The zero-order chi connectivity index (χ0) is 12.7. The summed E-state index contributed by atoms with van der Waals surface area (Å²) in [6, 6.07) is 10.2. The van der Waals surface area contributed by atoms with E-state index >= 15 is 0 Å². The molecule has 1 aromatic heterocycles. The van der Waals surface area contributed by atoms with Crippen molar-refractivity contribution in [1.29, 1.82) is 0 Å². The van der Waals surface area contributed by atoms with Gasteiger partial charge in [0, 0.05) is 6.20 Å². The van der Waals surface area contributed by atoms with Crippen molar-refractivity contribution < 1.29 is 9.59 Å². The van der Waals surface area contributed by atoms with Crippen LogP contribution in [-0.2, 0) is 0 Å². The van der Waals surface area contributed by atoms with Crippen molar-refractivity contribution in [1.82, 2.24) is 4.98 Å². The maximum Gasteiger partial charge on any atom is 0.267 e. The quantitative estimate of drug-likeness (QED) is 0.761. The van der Waals surface area contributed by atoms with Crippen molar-refractivity contribution in [3.05, 3.63) is 58.2 Å². The monoisotopic (exact) mass is 302 g/mol. The van der Waals surface area contributed by atoms with E-state index in [1.807, 2.05) is 0 Å². The van der Waals surface area contributed by atoms with Gasteiger partial charge in [-0.2, -0.15) is 0 Å². The molecule has 2 amide bonds. The largest absolute Gasteiger partial charge is 0.268 e. The summed E-state index contributed by atoms with van der Waals surface area (Å²) in [5.74, 6) is -0.353. The summed E-state index contributed by atoms with van der Waals surface area (Å²) in [5, 5.41) is 0. The summed E-state index contributed by atoms with van der Waals surface area (Å²) < 4.78 is 0.611. The summed E-state index contributed by atoms with van der Waals surface area (Å²) in [4.78, 5) is 29.6. The van der Waals surface area contributed by atoms with Gasteiger partial charge in [-0.1, -0.05) is 12.1 Å². The third kappa shape index (κ3) is 1.48. The molecule has 2 aromatic rings. The molecule has 0 radical (unpaired) electrons. The van der Waals surface area contributed by atoms with Crippen molar-refractivity contribution in [2.45, 2.75) is 0 Å². The minimum Gasteiger partial charge on any atom is -0.268 e. The van der Waals surface area contributed by atoms with Crippen molar-refractivity contribution in [3.8, 4) is 0 Å². The second-order valence-electron chi connectivity index (χ2n) is 3.80. The number of amides is 2. The SMILES string of the molecule is O=C1c2ccccc2C(=O)N1c1ncccc1Br. The van der Waals surface area contributed by atoms with Crippen LogP contribution in [-0.4, -0.2) is 16.8 Å². The molecular weight excluding hydrogens is 296 g/mol. The highest BCUT2D eigenvalue weighted by atomic mass is 79.9. The molecule has 0 saturated carbocycles. The number of hydrogen-bond acceptors (Lipinski definition) is 3. The smallest absolute Gasteiger partial charge is 0.267 e. The number of benzene rings is 1. The molecule has 0 aliphatic carbocycles. The fraction of sp³-hybridized carbons (Fsp3) is 0. The fourth-order valence-corrected chi connectivity index (χ4v) is 2.36. The van der Waals surface area contributed by atoms with Crippen molar-refractivity contribution >= 4 is 33.6 Å². The normalized spacial score (nSPS) is 13.9. The van der Waals surface area contributed by atoms with Crippen LogP contribution < -0.4 is 4.90 Å². The Bertz CT molecular complexity index is 635. The lowest BCUT2D eigenvalue weighted by Gasteiger charge is -2.13. The highest BCUT2D eigenvalue weighted by Crippen LogP contribution is 2.31. The van der Waals surface area contributed by atoms with E-state index in [2.05, 4.69) is 20.9 Å². The number of fused-ring (bicyclic) bond motifs is 1. The van der Waals surface area contributed by atoms with Crippen LogP contribution in [0.5, 0.6) is 0 Å². The number of aromatic nitrogens is 1. The molecule has 4 nitrogen and oxygen atoms in total. The molecule has 0 N–H and O–H groups in total. The molecular formula is C13H7BrN2O2. The van der Waals surface area contributed by atoms with Crippen LogP contribution in [0, 0.1) is 0 Å². The molecule has 0 atom stereocenters. The van der Waals surface area contributed by atoms with Gasteiger partial charge in [0.25, 0.3) is 11.8 Å². The first-order chi connectivity index (χ1) is 8.70. The third-order valence-electron chi connectivity index (χ3n) is 2.74. The number of halogens is 1. The van der Waals surface area contributed by atoms with E-state index in [4.69, 9.17) is 0 Å². The second kappa shape index (κ2) is 4.03. The maximum absolute atomic E-state index is 12.2. The van der Waals surface area contributed by atoms with Crippen molar-refractivity contribution in [3.63, 3.8) is 0 Å². The first-order valence-corrected chi connectivity index (χ1v) is 6.08. The Hall–Kier alpha value is -2.01. The summed E-state index contributed by atoms with van der Waals surface area (Å²) in [6.07, 6.45) is 1.55. The average molecular weight is 303 g/mol. The lowest BCUT2D eigenvalue weighted by atomic mass is 10.1. The van der Waals surface area contributed by atoms with E-state index in [9.17, 15) is 9.59 Å². The first kappa shape index (κ1) is 11.1. The van der Waals surface area contributed by atoms with Crippen LogP contribution in [0.4, 0.5) is 5.82 Å². The summed E-state index contributed by atoms with van der Waals surface area (Å²) in [6.45, 7) is 0. The van der Waals surface area contributed by atoms with Gasteiger partial charge >= 0.3 is 0 Å². The molecule has 0 bridgehead atoms. The van der Waals surface area contributed by atoms with Gasteiger partial charge < -0.3 is 0 Å². The van der Waals surface area contributed by atoms with Crippen molar-refractivity contribution in [2.24, 2.45) is 0 Å². The van der Waals surface area contributed by atoms with E-state index in [1.54, 1.807) is 42.6 Å². The van der Waals surface area contributed by atoms with Gasteiger partial charge in [-0.25, -0.2) is 9.88 Å². The first-order valence-electron chi connectivity index (χ1n) is 5.28. The molecule has 1 aliphatic rings. The molecule has 88 valence electrons. The molecule has 2 heterocycles. The molecule has 0 unspecified atom stereocenters. The summed E-state index contributed by atoms with van der Waals surface area (Å²) >= 11 is 3.30. The minimum atomic E-state index is -0.338. The zero-order valence-electron chi connectivity index (χ0n) is 9.13. The maximum atomic E-state index is 12.2. The van der Waals surface area contributed by atoms with Gasteiger partial charge in [-0.05, 0) is 40.2 Å². The Morgan fingerprint density at radius 2 is 1.56 bits per heavy atom. The minimum absolute atomic E-state index is 0.323. The number of imide groups is 1. The van der Waals surface area contributed by atoms with Gasteiger partial charge in [-0.15, -0.1) is 0 Å². The lowest BCUT2D eigenvalue weighted by Crippen LogP contribution is -2.30. The zero-order valence-corrected chi connectivity index (χ0v) is 10.7. The Morgan fingerprint density at radius 1 is 0.944 bits per heavy atom. The van der Waals surface area contributed by atoms with E-state index < -0.39 is 0 Å². The topological polar surface area (TPSA) is 50.3 Å². The number of carbonyl (C=O) groups is 2. The fourth-order valence-electron chi connectivity index (χ4n) is 1.92. The van der Waals surface area contributed by atoms with Gasteiger partial charge in [0.1, 0.15) is 0 Å². The van der Waals surface area contributed by atoms with Crippen LogP contribution in [0.1, 0.15) is 20.7 Å². The predicted molar refractivity (Wildman–Crippen MR) is 69.5 cm³/mol. The number of rotatable bonds is 1. The van der Waals surface area contributed by atoms with Crippen LogP contribution in [0.15, 0.2) is 47.1 Å². The highest BCUT2D eigenvalue weighted by molar-refractivity contribution is 9.10. The highest BCUT2D eigenvalue weighted by Gasteiger charge is 2.37. The lowest BCUT2D eigenvalue weighted by molar-refractivity contribution is 0.0925. The van der Waals surface area contributed by atoms with Gasteiger partial charge in [0.05, 0.1) is 15.6 Å². The molecule has 1 aromatic carbocycles. The molecule has 5 heteroatoms. The van der Waals surface area contributed by atoms with E-state index in [1.165, 1.54) is 0 Å². The Morgan fingerprint density at radius 3 is 2.11 bits per heavy atom. The van der Waals surface area contributed by atoms with Crippen LogP contribution in [0.25, 0.3) is 0 Å². The standard InChI is InChI=1S/C13H7BrN2O2/c14-10-6-3-7-15-11(10)16-12(17)8-4-1-2-5-9(8)13(16)18/h1-7H. The van der Waals surface area contributed by atoms with E-state index in [-0.39, 0.29) is 11.8 Å². The predicted octanol–water partition coefficient (Wildman–Crippen LogP) is 2.64. The van der Waals surface area contributed by atoms with Crippen molar-refractivity contribution in [2.75, 3.05) is 4.90 Å². The molecule has 0 saturated heterocycles. The molecule has 3 rings (SSSR count). The third-order valence-corrected chi connectivity index (χ3v) is 3.36. The number of anilines is 1.